The second kappa shape index (κ2) is 7.39. The Labute approximate surface area is 151 Å². The van der Waals surface area contributed by atoms with Crippen molar-refractivity contribution in [3.05, 3.63) is 65.1 Å². The Balaban J connectivity index is 1.86. The van der Waals surface area contributed by atoms with Crippen LogP contribution in [0.25, 0.3) is 5.65 Å². The zero-order valence-corrected chi connectivity index (χ0v) is 14.7. The van der Waals surface area contributed by atoms with Crippen LogP contribution in [0.4, 0.5) is 0 Å². The molecule has 0 saturated heterocycles. The van der Waals surface area contributed by atoms with Gasteiger partial charge in [-0.3, -0.25) is 9.20 Å². The SMILES string of the molecule is CCOC(=O)c1c(C)nc2c(O)c(CCC(=O)c3ccccc3)ccn12. The first-order valence-electron chi connectivity index (χ1n) is 8.47. The molecule has 1 N–H and O–H groups in total. The second-order valence-corrected chi connectivity index (χ2v) is 5.94. The predicted octanol–water partition coefficient (Wildman–Crippen LogP) is 3.34. The molecule has 134 valence electrons. The molecule has 2 heterocycles. The third-order valence-electron chi connectivity index (χ3n) is 4.21. The van der Waals surface area contributed by atoms with Gasteiger partial charge in [0.2, 0.25) is 0 Å². The van der Waals surface area contributed by atoms with E-state index in [2.05, 4.69) is 4.98 Å². The minimum absolute atomic E-state index is 0.0107. The van der Waals surface area contributed by atoms with Crippen molar-refractivity contribution in [2.24, 2.45) is 0 Å². The third kappa shape index (κ3) is 3.31. The lowest BCUT2D eigenvalue weighted by molar-refractivity contribution is 0.0517. The number of hydrogen-bond donors (Lipinski definition) is 1. The molecule has 26 heavy (non-hydrogen) atoms. The standard InChI is InChI=1S/C20H20N2O4/c1-3-26-20(25)17-13(2)21-19-18(24)15(11-12-22(17)19)9-10-16(23)14-7-5-4-6-8-14/h4-8,11-12,24H,3,9-10H2,1-2H3. The van der Waals surface area contributed by atoms with E-state index in [1.807, 2.05) is 18.2 Å². The summed E-state index contributed by atoms with van der Waals surface area (Å²) in [5.74, 6) is -0.493. The molecule has 0 saturated carbocycles. The Bertz CT molecular complexity index is 961. The normalized spacial score (nSPS) is 10.8. The molecule has 3 rings (SSSR count). The quantitative estimate of drug-likeness (QED) is 0.543. The Morgan fingerprint density at radius 1 is 1.19 bits per heavy atom. The first kappa shape index (κ1) is 17.7. The molecule has 0 unspecified atom stereocenters. The van der Waals surface area contributed by atoms with Crippen LogP contribution in [0.2, 0.25) is 0 Å². The van der Waals surface area contributed by atoms with Crippen LogP contribution < -0.4 is 0 Å². The molecule has 0 aliphatic carbocycles. The minimum Gasteiger partial charge on any atom is -0.504 e. The highest BCUT2D eigenvalue weighted by Crippen LogP contribution is 2.27. The molecule has 0 spiro atoms. The molecule has 0 bridgehead atoms. The molecule has 0 atom stereocenters. The molecule has 0 aliphatic rings. The number of aryl methyl sites for hydroxylation is 2. The Kier molecular flexibility index (Phi) is 5.02. The number of carbonyl (C=O) groups excluding carboxylic acids is 2. The molecule has 6 heteroatoms. The summed E-state index contributed by atoms with van der Waals surface area (Å²) in [6.07, 6.45) is 2.33. The number of rotatable bonds is 6. The van der Waals surface area contributed by atoms with Crippen LogP contribution >= 0.6 is 0 Å². The van der Waals surface area contributed by atoms with Crippen LogP contribution in [0.3, 0.4) is 0 Å². The number of carbonyl (C=O) groups is 2. The fourth-order valence-electron chi connectivity index (χ4n) is 2.91. The summed E-state index contributed by atoms with van der Waals surface area (Å²) in [5, 5.41) is 10.5. The van der Waals surface area contributed by atoms with Gasteiger partial charge in [-0.1, -0.05) is 30.3 Å². The molecule has 0 aliphatic heterocycles. The van der Waals surface area contributed by atoms with Gasteiger partial charge < -0.3 is 9.84 Å². The number of Topliss-reactive ketones (excluding diaryl/α,β-unsaturated/α-hetero) is 1. The van der Waals surface area contributed by atoms with E-state index in [0.29, 0.717) is 28.9 Å². The van der Waals surface area contributed by atoms with Crippen molar-refractivity contribution in [3.8, 4) is 5.75 Å². The fraction of sp³-hybridized carbons (Fsp3) is 0.250. The summed E-state index contributed by atoms with van der Waals surface area (Å²) >= 11 is 0. The van der Waals surface area contributed by atoms with Gasteiger partial charge in [0.25, 0.3) is 0 Å². The lowest BCUT2D eigenvalue weighted by Gasteiger charge is -2.07. The van der Waals surface area contributed by atoms with E-state index < -0.39 is 5.97 Å². The molecule has 0 amide bonds. The highest BCUT2D eigenvalue weighted by atomic mass is 16.5. The highest BCUT2D eigenvalue weighted by molar-refractivity contribution is 5.96. The number of aromatic hydroxyl groups is 1. The van der Waals surface area contributed by atoms with Gasteiger partial charge in [-0.25, -0.2) is 9.78 Å². The number of benzene rings is 1. The van der Waals surface area contributed by atoms with Crippen LogP contribution in [0, 0.1) is 6.92 Å². The second-order valence-electron chi connectivity index (χ2n) is 5.94. The summed E-state index contributed by atoms with van der Waals surface area (Å²) in [4.78, 5) is 28.6. The zero-order chi connectivity index (χ0) is 18.7. The summed E-state index contributed by atoms with van der Waals surface area (Å²) in [6.45, 7) is 3.68. The van der Waals surface area contributed by atoms with Crippen LogP contribution in [-0.4, -0.2) is 32.9 Å². The largest absolute Gasteiger partial charge is 0.504 e. The fourth-order valence-corrected chi connectivity index (χ4v) is 2.91. The van der Waals surface area contributed by atoms with Crippen molar-refractivity contribution < 1.29 is 19.4 Å². The zero-order valence-electron chi connectivity index (χ0n) is 14.7. The van der Waals surface area contributed by atoms with Gasteiger partial charge >= 0.3 is 5.97 Å². The molecular weight excluding hydrogens is 332 g/mol. The van der Waals surface area contributed by atoms with Gasteiger partial charge in [0.05, 0.1) is 12.3 Å². The van der Waals surface area contributed by atoms with Crippen molar-refractivity contribution in [2.45, 2.75) is 26.7 Å². The van der Waals surface area contributed by atoms with Crippen LogP contribution in [0.5, 0.6) is 5.75 Å². The van der Waals surface area contributed by atoms with Gasteiger partial charge in [0.15, 0.2) is 22.9 Å². The van der Waals surface area contributed by atoms with Gasteiger partial charge in [0, 0.05) is 18.2 Å². The molecule has 0 radical (unpaired) electrons. The number of esters is 1. The number of ether oxygens (including phenoxy) is 1. The molecule has 2 aromatic heterocycles. The van der Waals surface area contributed by atoms with Gasteiger partial charge in [-0.15, -0.1) is 0 Å². The molecule has 3 aromatic rings. The summed E-state index contributed by atoms with van der Waals surface area (Å²) < 4.78 is 6.57. The molecule has 1 aromatic carbocycles. The number of aromatic nitrogens is 2. The maximum atomic E-state index is 12.2. The third-order valence-corrected chi connectivity index (χ3v) is 4.21. The Morgan fingerprint density at radius 2 is 1.92 bits per heavy atom. The average molecular weight is 352 g/mol. The number of nitrogens with zero attached hydrogens (tertiary/aromatic N) is 2. The van der Waals surface area contributed by atoms with Crippen LogP contribution in [-0.2, 0) is 11.2 Å². The lowest BCUT2D eigenvalue weighted by atomic mass is 10.0. The smallest absolute Gasteiger partial charge is 0.357 e. The van der Waals surface area contributed by atoms with Gasteiger partial charge in [-0.05, 0) is 31.9 Å². The summed E-state index contributed by atoms with van der Waals surface area (Å²) in [6, 6.07) is 10.7. The van der Waals surface area contributed by atoms with Gasteiger partial charge in [0.1, 0.15) is 0 Å². The summed E-state index contributed by atoms with van der Waals surface area (Å²) in [7, 11) is 0. The van der Waals surface area contributed by atoms with Crippen molar-refractivity contribution in [1.29, 1.82) is 0 Å². The monoisotopic (exact) mass is 352 g/mol. The number of fused-ring (bicyclic) bond motifs is 1. The number of imidazole rings is 1. The Hall–Kier alpha value is -3.15. The van der Waals surface area contributed by atoms with E-state index in [9.17, 15) is 14.7 Å². The number of hydrogen-bond acceptors (Lipinski definition) is 5. The van der Waals surface area contributed by atoms with E-state index in [4.69, 9.17) is 4.74 Å². The van der Waals surface area contributed by atoms with Crippen molar-refractivity contribution in [2.75, 3.05) is 6.61 Å². The topological polar surface area (TPSA) is 80.9 Å². The predicted molar refractivity (Wildman–Crippen MR) is 96.6 cm³/mol. The Morgan fingerprint density at radius 3 is 2.62 bits per heavy atom. The van der Waals surface area contributed by atoms with E-state index in [1.54, 1.807) is 38.2 Å². The van der Waals surface area contributed by atoms with Crippen LogP contribution in [0.15, 0.2) is 42.6 Å². The summed E-state index contributed by atoms with van der Waals surface area (Å²) in [5.41, 5.74) is 2.33. The van der Waals surface area contributed by atoms with E-state index >= 15 is 0 Å². The molecular formula is C20H20N2O4. The van der Waals surface area contributed by atoms with Crippen molar-refractivity contribution >= 4 is 17.4 Å². The highest BCUT2D eigenvalue weighted by Gasteiger charge is 2.21. The first-order chi connectivity index (χ1) is 12.5. The van der Waals surface area contributed by atoms with Crippen molar-refractivity contribution in [3.63, 3.8) is 0 Å². The molecule has 6 nitrogen and oxygen atoms in total. The van der Waals surface area contributed by atoms with E-state index in [-0.39, 0.29) is 30.2 Å². The first-order valence-corrected chi connectivity index (χ1v) is 8.47. The maximum Gasteiger partial charge on any atom is 0.357 e. The van der Waals surface area contributed by atoms with E-state index in [0.717, 1.165) is 0 Å². The number of ketones is 1. The molecule has 0 fully saturated rings. The van der Waals surface area contributed by atoms with Gasteiger partial charge in [-0.2, -0.15) is 0 Å². The maximum absolute atomic E-state index is 12.2. The van der Waals surface area contributed by atoms with E-state index in [1.165, 1.54) is 4.40 Å². The number of pyridine rings is 1. The average Bonchev–Trinajstić information content (AvgIpc) is 2.99. The van der Waals surface area contributed by atoms with Crippen molar-refractivity contribution in [1.82, 2.24) is 9.38 Å². The van der Waals surface area contributed by atoms with Crippen LogP contribution in [0.1, 0.15) is 45.4 Å². The lowest BCUT2D eigenvalue weighted by Crippen LogP contribution is -2.09. The minimum atomic E-state index is -0.482.